The first-order valence-electron chi connectivity index (χ1n) is 5.45. The molecule has 2 aromatic carbocycles. The van der Waals surface area contributed by atoms with Gasteiger partial charge in [-0.1, -0.05) is 29.4 Å². The summed E-state index contributed by atoms with van der Waals surface area (Å²) in [4.78, 5) is 12.7. The summed E-state index contributed by atoms with van der Waals surface area (Å²) >= 11 is 7.18. The topological polar surface area (TPSA) is 46.5 Å². The van der Waals surface area contributed by atoms with Crippen LogP contribution in [0.25, 0.3) is 0 Å². The van der Waals surface area contributed by atoms with Crippen LogP contribution in [-0.2, 0) is 0 Å². The second-order valence-electron chi connectivity index (χ2n) is 3.73. The number of carbonyl (C=O) groups is 1. The zero-order chi connectivity index (χ0) is 13.8. The van der Waals surface area contributed by atoms with Gasteiger partial charge in [-0.25, -0.2) is 4.79 Å². The van der Waals surface area contributed by atoms with Gasteiger partial charge in [0.2, 0.25) is 0 Å². The second kappa shape index (κ2) is 5.99. The summed E-state index contributed by atoms with van der Waals surface area (Å²) in [5, 5.41) is 9.58. The Labute approximate surface area is 120 Å². The maximum atomic E-state index is 11.2. The van der Waals surface area contributed by atoms with E-state index in [0.29, 0.717) is 9.92 Å². The molecule has 0 aliphatic rings. The first kappa shape index (κ1) is 13.8. The molecule has 2 rings (SSSR count). The minimum Gasteiger partial charge on any atom is -0.497 e. The van der Waals surface area contributed by atoms with Gasteiger partial charge in [-0.05, 0) is 36.4 Å². The molecule has 0 saturated heterocycles. The molecule has 1 N–H and O–H groups in total. The molecular weight excluding hydrogens is 284 g/mol. The maximum absolute atomic E-state index is 11.2. The molecule has 98 valence electrons. The van der Waals surface area contributed by atoms with Gasteiger partial charge >= 0.3 is 5.97 Å². The van der Waals surface area contributed by atoms with E-state index in [1.807, 2.05) is 24.3 Å². The van der Waals surface area contributed by atoms with Gasteiger partial charge in [0.15, 0.2) is 0 Å². The van der Waals surface area contributed by atoms with Crippen LogP contribution < -0.4 is 4.74 Å². The summed E-state index contributed by atoms with van der Waals surface area (Å²) in [5.74, 6) is -0.260. The molecular formula is C14H11ClO3S. The third kappa shape index (κ3) is 3.43. The minimum atomic E-state index is -0.993. The van der Waals surface area contributed by atoms with Crippen LogP contribution in [0.1, 0.15) is 10.4 Å². The number of ether oxygens (including phenoxy) is 1. The van der Waals surface area contributed by atoms with E-state index >= 15 is 0 Å². The summed E-state index contributed by atoms with van der Waals surface area (Å²) in [6, 6.07) is 12.3. The Morgan fingerprint density at radius 1 is 1.26 bits per heavy atom. The average Bonchev–Trinajstić information content (AvgIpc) is 2.41. The van der Waals surface area contributed by atoms with Crippen molar-refractivity contribution in [2.24, 2.45) is 0 Å². The normalized spacial score (nSPS) is 10.2. The lowest BCUT2D eigenvalue weighted by Gasteiger charge is -2.07. The van der Waals surface area contributed by atoms with Crippen molar-refractivity contribution in [2.45, 2.75) is 9.79 Å². The number of benzene rings is 2. The summed E-state index contributed by atoms with van der Waals surface area (Å²) in [6.45, 7) is 0. The highest BCUT2D eigenvalue weighted by molar-refractivity contribution is 7.99. The fourth-order valence-electron chi connectivity index (χ4n) is 1.55. The van der Waals surface area contributed by atoms with Crippen LogP contribution in [0.5, 0.6) is 5.75 Å². The van der Waals surface area contributed by atoms with Crippen LogP contribution >= 0.6 is 23.4 Å². The first-order valence-corrected chi connectivity index (χ1v) is 6.64. The molecule has 0 unspecified atom stereocenters. The number of rotatable bonds is 4. The van der Waals surface area contributed by atoms with Gasteiger partial charge in [0.25, 0.3) is 0 Å². The number of carboxylic acids is 1. The molecule has 0 aliphatic carbocycles. The van der Waals surface area contributed by atoms with Crippen molar-refractivity contribution in [1.82, 2.24) is 0 Å². The fourth-order valence-corrected chi connectivity index (χ4v) is 2.69. The van der Waals surface area contributed by atoms with Crippen LogP contribution in [-0.4, -0.2) is 18.2 Å². The summed E-state index contributed by atoms with van der Waals surface area (Å²) in [5.41, 5.74) is 0.195. The zero-order valence-corrected chi connectivity index (χ0v) is 11.7. The summed E-state index contributed by atoms with van der Waals surface area (Å²) in [6.07, 6.45) is 0. The molecule has 3 nitrogen and oxygen atoms in total. The Hall–Kier alpha value is -1.65. The number of halogens is 1. The second-order valence-corrected chi connectivity index (χ2v) is 5.28. The summed E-state index contributed by atoms with van der Waals surface area (Å²) < 4.78 is 5.14. The van der Waals surface area contributed by atoms with Crippen molar-refractivity contribution in [2.75, 3.05) is 7.11 Å². The van der Waals surface area contributed by atoms with Gasteiger partial charge in [0.1, 0.15) is 5.75 Å². The van der Waals surface area contributed by atoms with Gasteiger partial charge in [-0.15, -0.1) is 0 Å². The maximum Gasteiger partial charge on any atom is 0.336 e. The van der Waals surface area contributed by atoms with E-state index in [4.69, 9.17) is 16.3 Å². The Morgan fingerprint density at radius 2 is 2.05 bits per heavy atom. The van der Waals surface area contributed by atoms with Crippen molar-refractivity contribution >= 4 is 29.3 Å². The lowest BCUT2D eigenvalue weighted by atomic mass is 10.2. The van der Waals surface area contributed by atoms with E-state index in [1.165, 1.54) is 17.8 Å². The highest BCUT2D eigenvalue weighted by Crippen LogP contribution is 2.33. The Bertz CT molecular complexity index is 613. The van der Waals surface area contributed by atoms with Crippen molar-refractivity contribution in [3.8, 4) is 5.75 Å². The molecule has 0 bridgehead atoms. The third-order valence-electron chi connectivity index (χ3n) is 2.44. The van der Waals surface area contributed by atoms with Gasteiger partial charge in [-0.3, -0.25) is 0 Å². The van der Waals surface area contributed by atoms with E-state index in [9.17, 15) is 9.90 Å². The predicted molar refractivity (Wildman–Crippen MR) is 75.5 cm³/mol. The molecule has 0 radical (unpaired) electrons. The molecule has 0 saturated carbocycles. The number of hydrogen-bond acceptors (Lipinski definition) is 3. The Morgan fingerprint density at radius 3 is 2.74 bits per heavy atom. The van der Waals surface area contributed by atoms with Gasteiger partial charge in [-0.2, -0.15) is 0 Å². The number of carboxylic acid groups (broad SMARTS) is 1. The van der Waals surface area contributed by atoms with E-state index in [2.05, 4.69) is 0 Å². The molecule has 0 heterocycles. The minimum absolute atomic E-state index is 0.195. The first-order chi connectivity index (χ1) is 9.10. The molecule has 5 heteroatoms. The largest absolute Gasteiger partial charge is 0.497 e. The van der Waals surface area contributed by atoms with Crippen molar-refractivity contribution < 1.29 is 14.6 Å². The molecule has 2 aromatic rings. The monoisotopic (exact) mass is 294 g/mol. The van der Waals surface area contributed by atoms with Crippen molar-refractivity contribution in [1.29, 1.82) is 0 Å². The van der Waals surface area contributed by atoms with Crippen molar-refractivity contribution in [3.63, 3.8) is 0 Å². The van der Waals surface area contributed by atoms with E-state index in [1.54, 1.807) is 19.2 Å². The standard InChI is InChI=1S/C14H11ClO3S/c1-18-10-3-2-4-11(8-10)19-13-6-5-9(15)7-12(13)14(16)17/h2-8H,1H3,(H,16,17). The highest BCUT2D eigenvalue weighted by atomic mass is 35.5. The molecule has 19 heavy (non-hydrogen) atoms. The van der Waals surface area contributed by atoms with Crippen LogP contribution in [0.2, 0.25) is 5.02 Å². The van der Waals surface area contributed by atoms with E-state index in [-0.39, 0.29) is 5.56 Å². The van der Waals surface area contributed by atoms with E-state index < -0.39 is 5.97 Å². The fraction of sp³-hybridized carbons (Fsp3) is 0.0714. The SMILES string of the molecule is COc1cccc(Sc2ccc(Cl)cc2C(=O)O)c1. The summed E-state index contributed by atoms with van der Waals surface area (Å²) in [7, 11) is 1.59. The lowest BCUT2D eigenvalue weighted by Crippen LogP contribution is -1.98. The van der Waals surface area contributed by atoms with Crippen molar-refractivity contribution in [3.05, 3.63) is 53.1 Å². The van der Waals surface area contributed by atoms with Gasteiger partial charge in [0, 0.05) is 14.8 Å². The number of hydrogen-bond donors (Lipinski definition) is 1. The van der Waals surface area contributed by atoms with Crippen LogP contribution in [0.15, 0.2) is 52.3 Å². The molecule has 0 fully saturated rings. The van der Waals surface area contributed by atoms with E-state index in [0.717, 1.165) is 10.6 Å². The number of methoxy groups -OCH3 is 1. The van der Waals surface area contributed by atoms with Crippen LogP contribution in [0.4, 0.5) is 0 Å². The predicted octanol–water partition coefficient (Wildman–Crippen LogP) is 4.20. The van der Waals surface area contributed by atoms with Crippen LogP contribution in [0.3, 0.4) is 0 Å². The Balaban J connectivity index is 2.34. The molecule has 0 spiro atoms. The quantitative estimate of drug-likeness (QED) is 0.918. The molecule has 0 aliphatic heterocycles. The zero-order valence-electron chi connectivity index (χ0n) is 10.1. The van der Waals surface area contributed by atoms with Crippen LogP contribution in [0, 0.1) is 0 Å². The van der Waals surface area contributed by atoms with Gasteiger partial charge in [0.05, 0.1) is 12.7 Å². The highest BCUT2D eigenvalue weighted by Gasteiger charge is 2.12. The lowest BCUT2D eigenvalue weighted by molar-refractivity contribution is 0.0693. The van der Waals surface area contributed by atoms with Gasteiger partial charge < -0.3 is 9.84 Å². The molecule has 0 aromatic heterocycles. The Kier molecular flexibility index (Phi) is 4.35. The molecule has 0 amide bonds. The third-order valence-corrected chi connectivity index (χ3v) is 3.74. The average molecular weight is 295 g/mol. The number of aromatic carboxylic acids is 1. The smallest absolute Gasteiger partial charge is 0.336 e. The molecule has 0 atom stereocenters.